The Balaban J connectivity index is 1.76. The number of nitrogen functional groups attached to an aromatic ring is 1. The van der Waals surface area contributed by atoms with Crippen molar-refractivity contribution in [3.8, 4) is 0 Å². The van der Waals surface area contributed by atoms with Crippen LogP contribution in [0.4, 0.5) is 11.8 Å². The maximum Gasteiger partial charge on any atom is 0.225 e. The molecule has 18 heavy (non-hydrogen) atoms. The van der Waals surface area contributed by atoms with Crippen LogP contribution in [0.2, 0.25) is 0 Å². The van der Waals surface area contributed by atoms with Crippen molar-refractivity contribution in [3.05, 3.63) is 46.1 Å². The van der Waals surface area contributed by atoms with Crippen LogP contribution < -0.4 is 11.1 Å². The molecule has 0 bridgehead atoms. The van der Waals surface area contributed by atoms with Crippen molar-refractivity contribution in [2.45, 2.75) is 18.9 Å². The van der Waals surface area contributed by atoms with Crippen LogP contribution in [0.3, 0.4) is 0 Å². The number of rotatable bonds is 2. The number of aromatic nitrogens is 2. The number of fused-ring (bicyclic) bond motifs is 1. The Labute approximate surface area is 114 Å². The molecule has 3 rings (SSSR count). The first kappa shape index (κ1) is 11.5. The lowest BCUT2D eigenvalue weighted by Gasteiger charge is -2.12. The van der Waals surface area contributed by atoms with Gasteiger partial charge in [-0.15, -0.1) is 0 Å². The van der Waals surface area contributed by atoms with Crippen molar-refractivity contribution >= 4 is 27.7 Å². The van der Waals surface area contributed by atoms with E-state index in [4.69, 9.17) is 5.73 Å². The van der Waals surface area contributed by atoms with E-state index in [-0.39, 0.29) is 0 Å². The summed E-state index contributed by atoms with van der Waals surface area (Å²) in [5, 5.41) is 3.34. The Kier molecular flexibility index (Phi) is 2.91. The van der Waals surface area contributed by atoms with E-state index in [2.05, 4.69) is 55.5 Å². The quantitative estimate of drug-likeness (QED) is 0.836. The molecular formula is C13H13BrN4. The molecule has 0 atom stereocenters. The number of hydrogen-bond acceptors (Lipinski definition) is 4. The molecule has 0 aliphatic heterocycles. The van der Waals surface area contributed by atoms with Crippen molar-refractivity contribution in [1.29, 1.82) is 0 Å². The van der Waals surface area contributed by atoms with E-state index in [1.807, 2.05) is 0 Å². The Morgan fingerprint density at radius 1 is 1.17 bits per heavy atom. The van der Waals surface area contributed by atoms with E-state index in [0.29, 0.717) is 22.4 Å². The second-order valence-electron chi connectivity index (χ2n) is 4.46. The molecule has 0 unspecified atom stereocenters. The standard InChI is InChI=1S/C13H13BrN4/c14-11-7-12(15)18-13(17-11)16-10-5-8-3-1-2-4-9(8)6-10/h1-4,7,10H,5-6H2,(H3,15,16,17,18). The van der Waals surface area contributed by atoms with Gasteiger partial charge in [-0.05, 0) is 39.9 Å². The van der Waals surface area contributed by atoms with Crippen molar-refractivity contribution in [3.63, 3.8) is 0 Å². The van der Waals surface area contributed by atoms with Gasteiger partial charge in [0.2, 0.25) is 5.95 Å². The van der Waals surface area contributed by atoms with Crippen molar-refractivity contribution in [2.24, 2.45) is 0 Å². The summed E-state index contributed by atoms with van der Waals surface area (Å²) in [5.41, 5.74) is 8.50. The smallest absolute Gasteiger partial charge is 0.225 e. The molecule has 1 aromatic carbocycles. The molecular weight excluding hydrogens is 292 g/mol. The van der Waals surface area contributed by atoms with Gasteiger partial charge in [0, 0.05) is 12.1 Å². The summed E-state index contributed by atoms with van der Waals surface area (Å²) in [6.07, 6.45) is 2.01. The summed E-state index contributed by atoms with van der Waals surface area (Å²) in [6, 6.07) is 10.5. The third-order valence-corrected chi connectivity index (χ3v) is 3.51. The molecule has 0 fully saturated rings. The molecule has 1 aliphatic carbocycles. The summed E-state index contributed by atoms with van der Waals surface area (Å²) in [6.45, 7) is 0. The van der Waals surface area contributed by atoms with Crippen molar-refractivity contribution in [2.75, 3.05) is 11.1 Å². The molecule has 92 valence electrons. The van der Waals surface area contributed by atoms with E-state index in [9.17, 15) is 0 Å². The third-order valence-electron chi connectivity index (χ3n) is 3.10. The van der Waals surface area contributed by atoms with E-state index >= 15 is 0 Å². The predicted molar refractivity (Wildman–Crippen MR) is 75.4 cm³/mol. The normalized spacial score (nSPS) is 14.5. The molecule has 0 amide bonds. The topological polar surface area (TPSA) is 63.8 Å². The Morgan fingerprint density at radius 2 is 1.83 bits per heavy atom. The highest BCUT2D eigenvalue weighted by Gasteiger charge is 2.21. The minimum absolute atomic E-state index is 0.344. The zero-order chi connectivity index (χ0) is 12.5. The van der Waals surface area contributed by atoms with Gasteiger partial charge >= 0.3 is 0 Å². The molecule has 1 heterocycles. The SMILES string of the molecule is Nc1cc(Br)nc(NC2Cc3ccccc3C2)n1. The molecule has 4 nitrogen and oxygen atoms in total. The Bertz CT molecular complexity index is 540. The number of nitrogens with two attached hydrogens (primary N) is 1. The van der Waals surface area contributed by atoms with E-state index in [0.717, 1.165) is 12.8 Å². The zero-order valence-corrected chi connectivity index (χ0v) is 11.3. The van der Waals surface area contributed by atoms with E-state index < -0.39 is 0 Å². The molecule has 1 aliphatic rings. The first-order valence-electron chi connectivity index (χ1n) is 5.84. The van der Waals surface area contributed by atoms with Gasteiger partial charge in [-0.1, -0.05) is 24.3 Å². The molecule has 3 N–H and O–H groups in total. The van der Waals surface area contributed by atoms with Crippen molar-refractivity contribution < 1.29 is 0 Å². The van der Waals surface area contributed by atoms with Gasteiger partial charge in [-0.25, -0.2) is 4.98 Å². The minimum atomic E-state index is 0.344. The first-order valence-corrected chi connectivity index (χ1v) is 6.63. The largest absolute Gasteiger partial charge is 0.383 e. The van der Waals surface area contributed by atoms with E-state index in [1.54, 1.807) is 6.07 Å². The summed E-state index contributed by atoms with van der Waals surface area (Å²) in [7, 11) is 0. The van der Waals surface area contributed by atoms with Crippen molar-refractivity contribution in [1.82, 2.24) is 9.97 Å². The van der Waals surface area contributed by atoms with Crippen LogP contribution in [-0.2, 0) is 12.8 Å². The van der Waals surface area contributed by atoms with Gasteiger partial charge in [0.1, 0.15) is 10.4 Å². The van der Waals surface area contributed by atoms with E-state index in [1.165, 1.54) is 11.1 Å². The molecule has 2 aromatic rings. The molecule has 0 spiro atoms. The van der Waals surface area contributed by atoms with Gasteiger partial charge in [-0.2, -0.15) is 4.98 Å². The highest BCUT2D eigenvalue weighted by molar-refractivity contribution is 9.10. The maximum atomic E-state index is 5.70. The molecule has 5 heteroatoms. The van der Waals surface area contributed by atoms with Crippen LogP contribution in [0.25, 0.3) is 0 Å². The van der Waals surface area contributed by atoms with Gasteiger partial charge in [0.05, 0.1) is 0 Å². The number of anilines is 2. The lowest BCUT2D eigenvalue weighted by molar-refractivity contribution is 0.761. The number of hydrogen-bond donors (Lipinski definition) is 2. The molecule has 0 radical (unpaired) electrons. The second kappa shape index (κ2) is 4.57. The molecule has 0 saturated heterocycles. The fourth-order valence-electron chi connectivity index (χ4n) is 2.34. The Hall–Kier alpha value is -1.62. The lowest BCUT2D eigenvalue weighted by Crippen LogP contribution is -2.21. The summed E-state index contributed by atoms with van der Waals surface area (Å²) < 4.78 is 0.702. The van der Waals surface area contributed by atoms with Gasteiger partial charge in [0.15, 0.2) is 0 Å². The number of nitrogens with one attached hydrogen (secondary N) is 1. The van der Waals surface area contributed by atoms with Crippen LogP contribution in [0.5, 0.6) is 0 Å². The molecule has 1 aromatic heterocycles. The fourth-order valence-corrected chi connectivity index (χ4v) is 2.75. The van der Waals surface area contributed by atoms with Gasteiger partial charge < -0.3 is 11.1 Å². The van der Waals surface area contributed by atoms with Gasteiger partial charge in [-0.3, -0.25) is 0 Å². The predicted octanol–water partition coefficient (Wildman–Crippen LogP) is 2.40. The van der Waals surface area contributed by atoms with Crippen LogP contribution in [0.1, 0.15) is 11.1 Å². The highest BCUT2D eigenvalue weighted by atomic mass is 79.9. The van der Waals surface area contributed by atoms with Gasteiger partial charge in [0.25, 0.3) is 0 Å². The average Bonchev–Trinajstić information content (AvgIpc) is 2.69. The van der Waals surface area contributed by atoms with Crippen LogP contribution in [0, 0.1) is 0 Å². The van der Waals surface area contributed by atoms with Crippen LogP contribution >= 0.6 is 15.9 Å². The van der Waals surface area contributed by atoms with Crippen LogP contribution in [0.15, 0.2) is 34.9 Å². The number of nitrogens with zero attached hydrogens (tertiary/aromatic N) is 2. The third kappa shape index (κ3) is 2.31. The second-order valence-corrected chi connectivity index (χ2v) is 5.27. The summed E-state index contributed by atoms with van der Waals surface area (Å²) in [4.78, 5) is 8.46. The first-order chi connectivity index (χ1) is 8.70. The molecule has 0 saturated carbocycles. The highest BCUT2D eigenvalue weighted by Crippen LogP contribution is 2.24. The fraction of sp³-hybridized carbons (Fsp3) is 0.231. The maximum absolute atomic E-state index is 5.70. The number of halogens is 1. The lowest BCUT2D eigenvalue weighted by atomic mass is 10.1. The monoisotopic (exact) mass is 304 g/mol. The minimum Gasteiger partial charge on any atom is -0.383 e. The zero-order valence-electron chi connectivity index (χ0n) is 9.73. The Morgan fingerprint density at radius 3 is 2.44 bits per heavy atom. The summed E-state index contributed by atoms with van der Waals surface area (Å²) >= 11 is 3.32. The number of benzene rings is 1. The summed E-state index contributed by atoms with van der Waals surface area (Å²) in [5.74, 6) is 1.05. The average molecular weight is 305 g/mol. The van der Waals surface area contributed by atoms with Crippen LogP contribution in [-0.4, -0.2) is 16.0 Å².